The maximum absolute atomic E-state index is 12.6. The lowest BCUT2D eigenvalue weighted by Gasteiger charge is -2.14. The van der Waals surface area contributed by atoms with Crippen molar-refractivity contribution in [3.05, 3.63) is 36.2 Å². The van der Waals surface area contributed by atoms with E-state index >= 15 is 0 Å². The monoisotopic (exact) mass is 474 g/mol. The van der Waals surface area contributed by atoms with Gasteiger partial charge in [-0.25, -0.2) is 4.79 Å². The first-order valence-corrected chi connectivity index (χ1v) is 13.0. The highest BCUT2D eigenvalue weighted by Crippen LogP contribution is 2.28. The number of thioether (sulfide) groups is 1. The topological polar surface area (TPSA) is 70.4 Å². The number of aryl methyl sites for hydroxylation is 1. The molecule has 1 aromatic heterocycles. The summed E-state index contributed by atoms with van der Waals surface area (Å²) in [5, 5.41) is 4.24. The van der Waals surface area contributed by atoms with Crippen molar-refractivity contribution in [2.75, 3.05) is 19.0 Å². The highest BCUT2D eigenvalue weighted by Gasteiger charge is 2.14. The molecule has 0 N–H and O–H groups in total. The minimum atomic E-state index is -0.326. The molecule has 1 unspecified atom stereocenters. The van der Waals surface area contributed by atoms with E-state index in [0.29, 0.717) is 36.9 Å². The Morgan fingerprint density at radius 1 is 1.06 bits per heavy atom. The molecular formula is C26H38N2O4S. The van der Waals surface area contributed by atoms with Gasteiger partial charge in [0, 0.05) is 29.5 Å². The van der Waals surface area contributed by atoms with Crippen LogP contribution < -0.4 is 0 Å². The summed E-state index contributed by atoms with van der Waals surface area (Å²) in [4.78, 5) is 25.7. The summed E-state index contributed by atoms with van der Waals surface area (Å²) in [5.41, 5.74) is 2.35. The van der Waals surface area contributed by atoms with Crippen molar-refractivity contribution in [1.82, 2.24) is 9.78 Å². The first-order chi connectivity index (χ1) is 16.0. The number of unbranched alkanes of at least 4 members (excludes halogenated alkanes) is 2. The van der Waals surface area contributed by atoms with E-state index in [2.05, 4.69) is 25.9 Å². The second-order valence-electron chi connectivity index (χ2n) is 8.34. The van der Waals surface area contributed by atoms with Gasteiger partial charge in [0.05, 0.1) is 31.4 Å². The van der Waals surface area contributed by atoms with Gasteiger partial charge in [-0.05, 0) is 42.5 Å². The molecule has 0 fully saturated rings. The van der Waals surface area contributed by atoms with Gasteiger partial charge in [-0.1, -0.05) is 46.5 Å². The molecule has 0 saturated heterocycles. The fourth-order valence-electron chi connectivity index (χ4n) is 3.36. The average Bonchev–Trinajstić information content (AvgIpc) is 3.25. The molecule has 0 spiro atoms. The normalized spacial score (nSPS) is 11.9. The standard InChI is InChI=1S/C26H38N2O4S/c1-5-8-10-20(7-3)19-32-25(29)11-13-33-24-15-21(23-17-27-28(4)18-23)14-22(16-24)26(30)31-12-9-6-2/h14-18,20H,5-13,19H2,1-4H3. The van der Waals surface area contributed by atoms with E-state index in [0.717, 1.165) is 48.1 Å². The van der Waals surface area contributed by atoms with E-state index in [9.17, 15) is 9.59 Å². The Labute approximate surface area is 202 Å². The largest absolute Gasteiger partial charge is 0.465 e. The van der Waals surface area contributed by atoms with Crippen LogP contribution in [0.2, 0.25) is 0 Å². The van der Waals surface area contributed by atoms with Crippen LogP contribution in [0.5, 0.6) is 0 Å². The van der Waals surface area contributed by atoms with Gasteiger partial charge in [0.2, 0.25) is 0 Å². The Morgan fingerprint density at radius 3 is 2.52 bits per heavy atom. The van der Waals surface area contributed by atoms with Gasteiger partial charge in [-0.15, -0.1) is 11.8 Å². The number of rotatable bonds is 15. The zero-order valence-corrected chi connectivity index (χ0v) is 21.3. The molecule has 2 rings (SSSR count). The molecule has 182 valence electrons. The number of esters is 2. The quantitative estimate of drug-likeness (QED) is 0.172. The maximum Gasteiger partial charge on any atom is 0.338 e. The molecule has 0 radical (unpaired) electrons. The number of carbonyl (C=O) groups is 2. The molecule has 0 aliphatic carbocycles. The van der Waals surface area contributed by atoms with Crippen LogP contribution in [0.25, 0.3) is 11.1 Å². The number of aromatic nitrogens is 2. The fraction of sp³-hybridized carbons (Fsp3) is 0.577. The molecule has 0 aliphatic heterocycles. The molecule has 0 amide bonds. The van der Waals surface area contributed by atoms with E-state index < -0.39 is 0 Å². The smallest absolute Gasteiger partial charge is 0.338 e. The van der Waals surface area contributed by atoms with Gasteiger partial charge >= 0.3 is 11.9 Å². The summed E-state index contributed by atoms with van der Waals surface area (Å²) in [6, 6.07) is 5.69. The van der Waals surface area contributed by atoms with Crippen LogP contribution >= 0.6 is 11.8 Å². The molecule has 0 saturated carbocycles. The van der Waals surface area contributed by atoms with E-state index in [-0.39, 0.29) is 11.9 Å². The summed E-state index contributed by atoms with van der Waals surface area (Å²) >= 11 is 1.54. The molecule has 6 nitrogen and oxygen atoms in total. The zero-order valence-electron chi connectivity index (χ0n) is 20.5. The lowest BCUT2D eigenvalue weighted by atomic mass is 10.0. The first-order valence-electron chi connectivity index (χ1n) is 12.1. The molecule has 0 bridgehead atoms. The van der Waals surface area contributed by atoms with Crippen LogP contribution in [-0.2, 0) is 21.3 Å². The number of ether oxygens (including phenoxy) is 2. The molecule has 7 heteroatoms. The van der Waals surface area contributed by atoms with Gasteiger partial charge in [0.25, 0.3) is 0 Å². The Balaban J connectivity index is 1.99. The number of nitrogens with zero attached hydrogens (tertiary/aromatic N) is 2. The minimum absolute atomic E-state index is 0.167. The summed E-state index contributed by atoms with van der Waals surface area (Å²) in [6.07, 6.45) is 10.3. The lowest BCUT2D eigenvalue weighted by molar-refractivity contribution is -0.144. The highest BCUT2D eigenvalue weighted by atomic mass is 32.2. The predicted molar refractivity (Wildman–Crippen MR) is 133 cm³/mol. The Hall–Kier alpha value is -2.28. The van der Waals surface area contributed by atoms with Gasteiger partial charge in [-0.3, -0.25) is 9.48 Å². The number of hydrogen-bond acceptors (Lipinski definition) is 6. The second kappa shape index (κ2) is 14.8. The third-order valence-electron chi connectivity index (χ3n) is 5.51. The highest BCUT2D eigenvalue weighted by molar-refractivity contribution is 7.99. The summed E-state index contributed by atoms with van der Waals surface area (Å²) in [5.74, 6) is 0.540. The van der Waals surface area contributed by atoms with E-state index in [1.54, 1.807) is 22.6 Å². The van der Waals surface area contributed by atoms with Crippen molar-refractivity contribution in [1.29, 1.82) is 0 Å². The van der Waals surface area contributed by atoms with Crippen LogP contribution in [-0.4, -0.2) is 40.7 Å². The number of benzene rings is 1. The molecule has 1 heterocycles. The van der Waals surface area contributed by atoms with Crippen molar-refractivity contribution >= 4 is 23.7 Å². The SMILES string of the molecule is CCCCOC(=O)c1cc(SCCC(=O)OCC(CC)CCCC)cc(-c2cnn(C)c2)c1. The third kappa shape index (κ3) is 9.62. The minimum Gasteiger partial charge on any atom is -0.465 e. The zero-order chi connectivity index (χ0) is 24.1. The van der Waals surface area contributed by atoms with Crippen molar-refractivity contribution in [3.8, 4) is 11.1 Å². The van der Waals surface area contributed by atoms with Crippen molar-refractivity contribution in [2.45, 2.75) is 70.6 Å². The van der Waals surface area contributed by atoms with Crippen LogP contribution in [0.15, 0.2) is 35.5 Å². The van der Waals surface area contributed by atoms with E-state index in [4.69, 9.17) is 9.47 Å². The van der Waals surface area contributed by atoms with Crippen LogP contribution in [0.3, 0.4) is 0 Å². The average molecular weight is 475 g/mol. The molecule has 33 heavy (non-hydrogen) atoms. The van der Waals surface area contributed by atoms with Crippen LogP contribution in [0.4, 0.5) is 0 Å². The summed E-state index contributed by atoms with van der Waals surface area (Å²) in [6.45, 7) is 7.30. The molecular weight excluding hydrogens is 436 g/mol. The van der Waals surface area contributed by atoms with Crippen molar-refractivity contribution < 1.29 is 19.1 Å². The molecule has 0 aliphatic rings. The molecule has 1 atom stereocenters. The fourth-order valence-corrected chi connectivity index (χ4v) is 4.29. The van der Waals surface area contributed by atoms with Crippen molar-refractivity contribution in [2.24, 2.45) is 13.0 Å². The number of carbonyl (C=O) groups excluding carboxylic acids is 2. The first kappa shape index (κ1) is 27.0. The van der Waals surface area contributed by atoms with E-state index in [1.165, 1.54) is 6.42 Å². The Bertz CT molecular complexity index is 881. The lowest BCUT2D eigenvalue weighted by Crippen LogP contribution is -2.14. The van der Waals surface area contributed by atoms with Gasteiger partial charge < -0.3 is 9.47 Å². The summed E-state index contributed by atoms with van der Waals surface area (Å²) < 4.78 is 12.6. The maximum atomic E-state index is 12.6. The third-order valence-corrected chi connectivity index (χ3v) is 6.49. The van der Waals surface area contributed by atoms with E-state index in [1.807, 2.05) is 31.4 Å². The Morgan fingerprint density at radius 2 is 1.85 bits per heavy atom. The molecule has 2 aromatic rings. The van der Waals surface area contributed by atoms with Gasteiger partial charge in [-0.2, -0.15) is 5.10 Å². The van der Waals surface area contributed by atoms with Crippen molar-refractivity contribution in [3.63, 3.8) is 0 Å². The summed E-state index contributed by atoms with van der Waals surface area (Å²) in [7, 11) is 1.86. The van der Waals surface area contributed by atoms with Gasteiger partial charge in [0.1, 0.15) is 0 Å². The van der Waals surface area contributed by atoms with Crippen LogP contribution in [0, 0.1) is 5.92 Å². The second-order valence-corrected chi connectivity index (χ2v) is 9.50. The molecule has 1 aromatic carbocycles. The Kier molecular flexibility index (Phi) is 12.1. The van der Waals surface area contributed by atoms with Crippen LogP contribution in [0.1, 0.15) is 76.1 Å². The predicted octanol–water partition coefficient (Wildman–Crippen LogP) is 6.29. The number of hydrogen-bond donors (Lipinski definition) is 0. The van der Waals surface area contributed by atoms with Gasteiger partial charge in [0.15, 0.2) is 0 Å².